The zero-order chi connectivity index (χ0) is 16.2. The molecule has 0 bridgehead atoms. The second-order valence-corrected chi connectivity index (χ2v) is 6.45. The van der Waals surface area contributed by atoms with Crippen LogP contribution in [0.1, 0.15) is 21.6 Å². The van der Waals surface area contributed by atoms with Gasteiger partial charge in [-0.3, -0.25) is 4.79 Å². The minimum atomic E-state index is -0.456. The molecule has 2 heterocycles. The number of thiazole rings is 1. The maximum absolute atomic E-state index is 13.3. The average molecular weight is 348 g/mol. The Morgan fingerprint density at radius 1 is 1.30 bits per heavy atom. The molecule has 3 aromatic rings. The summed E-state index contributed by atoms with van der Waals surface area (Å²) in [6.45, 7) is -0.124. The number of nitrogens with zero attached hydrogens (tertiary/aromatic N) is 1. The molecule has 4 nitrogen and oxygen atoms in total. The van der Waals surface area contributed by atoms with Crippen molar-refractivity contribution in [2.45, 2.75) is 13.2 Å². The van der Waals surface area contributed by atoms with Gasteiger partial charge in [0, 0.05) is 28.4 Å². The Hall–Kier alpha value is -2.09. The van der Waals surface area contributed by atoms with Crippen molar-refractivity contribution in [3.63, 3.8) is 0 Å². The topological polar surface area (TPSA) is 62.2 Å². The van der Waals surface area contributed by atoms with E-state index in [-0.39, 0.29) is 24.6 Å². The van der Waals surface area contributed by atoms with Gasteiger partial charge >= 0.3 is 0 Å². The molecule has 118 valence electrons. The van der Waals surface area contributed by atoms with E-state index in [4.69, 9.17) is 5.11 Å². The Morgan fingerprint density at radius 3 is 2.91 bits per heavy atom. The van der Waals surface area contributed by atoms with Crippen molar-refractivity contribution in [3.05, 3.63) is 63.0 Å². The fraction of sp³-hybridized carbons (Fsp3) is 0.125. The van der Waals surface area contributed by atoms with Gasteiger partial charge in [-0.1, -0.05) is 6.07 Å². The van der Waals surface area contributed by atoms with Gasteiger partial charge in [0.05, 0.1) is 6.61 Å². The van der Waals surface area contributed by atoms with Crippen molar-refractivity contribution < 1.29 is 14.3 Å². The molecule has 0 saturated carbocycles. The van der Waals surface area contributed by atoms with Crippen molar-refractivity contribution >= 4 is 28.6 Å². The van der Waals surface area contributed by atoms with Crippen LogP contribution in [0, 0.1) is 5.82 Å². The van der Waals surface area contributed by atoms with Crippen molar-refractivity contribution in [1.29, 1.82) is 0 Å². The highest BCUT2D eigenvalue weighted by atomic mass is 32.1. The molecule has 2 N–H and O–H groups in total. The number of amides is 1. The quantitative estimate of drug-likeness (QED) is 0.742. The number of benzene rings is 1. The van der Waals surface area contributed by atoms with E-state index in [1.54, 1.807) is 22.8 Å². The molecule has 0 radical (unpaired) electrons. The normalized spacial score (nSPS) is 10.7. The Bertz CT molecular complexity index is 815. The number of carbonyl (C=O) groups excluding carboxylic acids is 1. The summed E-state index contributed by atoms with van der Waals surface area (Å²) in [5, 5.41) is 18.3. The van der Waals surface area contributed by atoms with E-state index in [0.717, 1.165) is 16.1 Å². The highest BCUT2D eigenvalue weighted by Gasteiger charge is 2.12. The van der Waals surface area contributed by atoms with Crippen molar-refractivity contribution in [2.24, 2.45) is 0 Å². The van der Waals surface area contributed by atoms with Crippen LogP contribution in [0.15, 0.2) is 40.4 Å². The molecule has 2 aromatic heterocycles. The molecule has 23 heavy (non-hydrogen) atoms. The van der Waals surface area contributed by atoms with Gasteiger partial charge in [0.15, 0.2) is 0 Å². The Labute approximate surface area is 140 Å². The van der Waals surface area contributed by atoms with Crippen LogP contribution >= 0.6 is 22.7 Å². The number of hydrogen-bond donors (Lipinski definition) is 2. The van der Waals surface area contributed by atoms with Crippen LogP contribution < -0.4 is 5.32 Å². The Morgan fingerprint density at radius 2 is 2.17 bits per heavy atom. The van der Waals surface area contributed by atoms with E-state index in [2.05, 4.69) is 10.3 Å². The van der Waals surface area contributed by atoms with Gasteiger partial charge in [-0.25, -0.2) is 9.37 Å². The lowest BCUT2D eigenvalue weighted by Gasteiger charge is -2.06. The Kier molecular flexibility index (Phi) is 4.80. The maximum atomic E-state index is 13.3. The average Bonchev–Trinajstić information content (AvgIpc) is 3.24. The summed E-state index contributed by atoms with van der Waals surface area (Å²) < 4.78 is 13.3. The third-order valence-electron chi connectivity index (χ3n) is 3.24. The van der Waals surface area contributed by atoms with Crippen LogP contribution in [0.2, 0.25) is 0 Å². The van der Waals surface area contributed by atoms with E-state index in [1.807, 2.05) is 16.8 Å². The van der Waals surface area contributed by atoms with E-state index in [0.29, 0.717) is 5.69 Å². The number of carbonyl (C=O) groups is 1. The SMILES string of the molecule is O=C(NCc1ccc(F)c(CO)c1)c1csc(-c2ccsc2)n1. The van der Waals surface area contributed by atoms with Gasteiger partial charge in [0.1, 0.15) is 16.5 Å². The van der Waals surface area contributed by atoms with Gasteiger partial charge in [0.25, 0.3) is 5.91 Å². The third kappa shape index (κ3) is 3.64. The standard InChI is InChI=1S/C16H13FN2O2S2/c17-13-2-1-10(5-12(13)7-20)6-18-15(21)14-9-23-16(19-14)11-3-4-22-8-11/h1-5,8-9,20H,6-7H2,(H,18,21). The first kappa shape index (κ1) is 15.8. The van der Waals surface area contributed by atoms with E-state index < -0.39 is 5.82 Å². The molecule has 0 unspecified atom stereocenters. The van der Waals surface area contributed by atoms with Gasteiger partial charge in [-0.2, -0.15) is 11.3 Å². The monoisotopic (exact) mass is 348 g/mol. The molecule has 0 spiro atoms. The number of hydrogen-bond acceptors (Lipinski definition) is 5. The number of aromatic nitrogens is 1. The lowest BCUT2D eigenvalue weighted by molar-refractivity contribution is 0.0946. The Balaban J connectivity index is 1.66. The largest absolute Gasteiger partial charge is 0.392 e. The number of aliphatic hydroxyl groups excluding tert-OH is 1. The number of aliphatic hydroxyl groups is 1. The summed E-state index contributed by atoms with van der Waals surface area (Å²) in [5.74, 6) is -0.736. The molecule has 0 saturated heterocycles. The molecule has 0 aliphatic carbocycles. The number of halogens is 1. The lowest BCUT2D eigenvalue weighted by Crippen LogP contribution is -2.23. The summed E-state index contributed by atoms with van der Waals surface area (Å²) in [6.07, 6.45) is 0. The highest BCUT2D eigenvalue weighted by molar-refractivity contribution is 7.14. The molecule has 1 aromatic carbocycles. The van der Waals surface area contributed by atoms with Crippen molar-refractivity contribution in [1.82, 2.24) is 10.3 Å². The van der Waals surface area contributed by atoms with Crippen molar-refractivity contribution in [3.8, 4) is 10.6 Å². The fourth-order valence-electron chi connectivity index (χ4n) is 2.03. The number of nitrogens with one attached hydrogen (secondary N) is 1. The molecule has 0 aliphatic rings. The zero-order valence-corrected chi connectivity index (χ0v) is 13.6. The minimum absolute atomic E-state index is 0.213. The lowest BCUT2D eigenvalue weighted by atomic mass is 10.1. The molecular formula is C16H13FN2O2S2. The third-order valence-corrected chi connectivity index (χ3v) is 4.81. The van der Waals surface area contributed by atoms with E-state index in [1.165, 1.54) is 23.5 Å². The molecule has 1 amide bonds. The van der Waals surface area contributed by atoms with Crippen LogP contribution in [-0.2, 0) is 13.2 Å². The summed E-state index contributed by atoms with van der Waals surface area (Å²) in [4.78, 5) is 16.5. The molecule has 0 atom stereocenters. The predicted molar refractivity (Wildman–Crippen MR) is 88.9 cm³/mol. The summed E-state index contributed by atoms with van der Waals surface area (Å²) in [5.41, 5.74) is 2.30. The first-order valence-electron chi connectivity index (χ1n) is 6.82. The summed E-state index contributed by atoms with van der Waals surface area (Å²) >= 11 is 3.00. The van der Waals surface area contributed by atoms with Crippen LogP contribution in [0.25, 0.3) is 10.6 Å². The summed E-state index contributed by atoms with van der Waals surface area (Å²) in [7, 11) is 0. The second kappa shape index (κ2) is 6.99. The minimum Gasteiger partial charge on any atom is -0.392 e. The number of thiophene rings is 1. The smallest absolute Gasteiger partial charge is 0.271 e. The fourth-order valence-corrected chi connectivity index (χ4v) is 3.54. The first-order chi connectivity index (χ1) is 11.2. The first-order valence-corrected chi connectivity index (χ1v) is 8.64. The van der Waals surface area contributed by atoms with Gasteiger partial charge in [-0.05, 0) is 29.1 Å². The molecule has 0 fully saturated rings. The second-order valence-electron chi connectivity index (χ2n) is 4.82. The number of rotatable bonds is 5. The van der Waals surface area contributed by atoms with Crippen LogP contribution in [0.3, 0.4) is 0 Å². The van der Waals surface area contributed by atoms with Crippen molar-refractivity contribution in [2.75, 3.05) is 0 Å². The molecule has 7 heteroatoms. The predicted octanol–water partition coefficient (Wildman–Crippen LogP) is 3.43. The molecular weight excluding hydrogens is 335 g/mol. The van der Waals surface area contributed by atoms with Crippen LogP contribution in [0.4, 0.5) is 4.39 Å². The van der Waals surface area contributed by atoms with Gasteiger partial charge in [-0.15, -0.1) is 11.3 Å². The van der Waals surface area contributed by atoms with Crippen LogP contribution in [0.5, 0.6) is 0 Å². The molecule has 3 rings (SSSR count). The molecule has 0 aliphatic heterocycles. The van der Waals surface area contributed by atoms with Gasteiger partial charge < -0.3 is 10.4 Å². The van der Waals surface area contributed by atoms with Crippen LogP contribution in [-0.4, -0.2) is 16.0 Å². The zero-order valence-electron chi connectivity index (χ0n) is 12.0. The van der Waals surface area contributed by atoms with E-state index in [9.17, 15) is 9.18 Å². The van der Waals surface area contributed by atoms with Gasteiger partial charge in [0.2, 0.25) is 0 Å². The maximum Gasteiger partial charge on any atom is 0.271 e. The highest BCUT2D eigenvalue weighted by Crippen LogP contribution is 2.25. The summed E-state index contributed by atoms with van der Waals surface area (Å²) in [6, 6.07) is 6.35. The van der Waals surface area contributed by atoms with E-state index >= 15 is 0 Å².